The minimum absolute atomic E-state index is 0.148. The van der Waals surface area contributed by atoms with Crippen LogP contribution in [0.4, 0.5) is 4.39 Å². The van der Waals surface area contributed by atoms with Gasteiger partial charge in [-0.3, -0.25) is 0 Å². The van der Waals surface area contributed by atoms with E-state index in [0.29, 0.717) is 21.7 Å². The first-order valence-electron chi connectivity index (χ1n) is 6.05. The van der Waals surface area contributed by atoms with Gasteiger partial charge in [-0.15, -0.1) is 0 Å². The number of hydrogen-bond acceptors (Lipinski definition) is 2. The average Bonchev–Trinajstić information content (AvgIpc) is 2.41. The first-order valence-corrected chi connectivity index (χ1v) is 7.22. The molecule has 1 atom stereocenters. The third kappa shape index (κ3) is 4.47. The lowest BCUT2D eigenvalue weighted by Gasteiger charge is -2.13. The SMILES string of the molecule is OC(COc1cccc(Cl)c1)Cc1ccc(F)c(Br)c1. The Morgan fingerprint density at radius 2 is 2.05 bits per heavy atom. The molecule has 1 N–H and O–H groups in total. The van der Waals surface area contributed by atoms with Crippen molar-refractivity contribution < 1.29 is 14.2 Å². The Morgan fingerprint density at radius 3 is 2.75 bits per heavy atom. The molecule has 0 heterocycles. The van der Waals surface area contributed by atoms with Gasteiger partial charge in [-0.25, -0.2) is 4.39 Å². The van der Waals surface area contributed by atoms with E-state index in [1.54, 1.807) is 36.4 Å². The molecule has 2 aromatic rings. The average molecular weight is 360 g/mol. The summed E-state index contributed by atoms with van der Waals surface area (Å²) in [7, 11) is 0. The number of aliphatic hydroxyl groups excluding tert-OH is 1. The minimum Gasteiger partial charge on any atom is -0.491 e. The van der Waals surface area contributed by atoms with Gasteiger partial charge in [0.2, 0.25) is 0 Å². The van der Waals surface area contributed by atoms with Gasteiger partial charge < -0.3 is 9.84 Å². The first-order chi connectivity index (χ1) is 9.54. The lowest BCUT2D eigenvalue weighted by atomic mass is 10.1. The summed E-state index contributed by atoms with van der Waals surface area (Å²) in [5.41, 5.74) is 0.834. The summed E-state index contributed by atoms with van der Waals surface area (Å²) in [6, 6.07) is 11.6. The summed E-state index contributed by atoms with van der Waals surface area (Å²) in [6.07, 6.45) is -0.286. The molecule has 0 spiro atoms. The second-order valence-corrected chi connectivity index (χ2v) is 5.67. The summed E-state index contributed by atoms with van der Waals surface area (Å²) in [4.78, 5) is 0. The van der Waals surface area contributed by atoms with Crippen molar-refractivity contribution in [3.05, 3.63) is 63.3 Å². The molecule has 5 heteroatoms. The molecule has 0 saturated carbocycles. The van der Waals surface area contributed by atoms with Crippen molar-refractivity contribution in [3.63, 3.8) is 0 Å². The van der Waals surface area contributed by atoms with Crippen LogP contribution in [0.25, 0.3) is 0 Å². The number of aliphatic hydroxyl groups is 1. The maximum Gasteiger partial charge on any atom is 0.137 e. The largest absolute Gasteiger partial charge is 0.491 e. The lowest BCUT2D eigenvalue weighted by molar-refractivity contribution is 0.108. The van der Waals surface area contributed by atoms with E-state index >= 15 is 0 Å². The van der Waals surface area contributed by atoms with Gasteiger partial charge in [0, 0.05) is 11.4 Å². The normalized spacial score (nSPS) is 12.2. The monoisotopic (exact) mass is 358 g/mol. The van der Waals surface area contributed by atoms with Crippen molar-refractivity contribution in [2.45, 2.75) is 12.5 Å². The molecule has 1 unspecified atom stereocenters. The number of hydrogen-bond donors (Lipinski definition) is 1. The predicted molar refractivity (Wildman–Crippen MR) is 80.8 cm³/mol. The molecule has 0 aromatic heterocycles. The fourth-order valence-electron chi connectivity index (χ4n) is 1.75. The van der Waals surface area contributed by atoms with Gasteiger partial charge in [-0.05, 0) is 51.8 Å². The fraction of sp³-hybridized carbons (Fsp3) is 0.200. The van der Waals surface area contributed by atoms with Gasteiger partial charge in [-0.1, -0.05) is 23.7 Å². The van der Waals surface area contributed by atoms with Gasteiger partial charge >= 0.3 is 0 Å². The third-order valence-electron chi connectivity index (χ3n) is 2.69. The third-order valence-corrected chi connectivity index (χ3v) is 3.54. The quantitative estimate of drug-likeness (QED) is 0.866. The number of rotatable bonds is 5. The highest BCUT2D eigenvalue weighted by Gasteiger charge is 2.09. The van der Waals surface area contributed by atoms with E-state index in [2.05, 4.69) is 15.9 Å². The van der Waals surface area contributed by atoms with Crippen LogP contribution < -0.4 is 4.74 Å². The second-order valence-electron chi connectivity index (χ2n) is 4.37. The van der Waals surface area contributed by atoms with Crippen LogP contribution in [0.5, 0.6) is 5.75 Å². The van der Waals surface area contributed by atoms with Gasteiger partial charge in [0.1, 0.15) is 18.2 Å². The Bertz CT molecular complexity index is 592. The van der Waals surface area contributed by atoms with Crippen LogP contribution in [0, 0.1) is 5.82 Å². The zero-order valence-electron chi connectivity index (χ0n) is 10.5. The molecule has 0 radical (unpaired) electrons. The van der Waals surface area contributed by atoms with E-state index in [-0.39, 0.29) is 12.4 Å². The molecule has 0 aliphatic carbocycles. The maximum atomic E-state index is 13.1. The number of halogens is 3. The molecule has 20 heavy (non-hydrogen) atoms. The number of ether oxygens (including phenoxy) is 1. The highest BCUT2D eigenvalue weighted by atomic mass is 79.9. The van der Waals surface area contributed by atoms with E-state index in [9.17, 15) is 9.50 Å². The van der Waals surface area contributed by atoms with E-state index in [0.717, 1.165) is 5.56 Å². The summed E-state index contributed by atoms with van der Waals surface area (Å²) in [5.74, 6) is 0.287. The van der Waals surface area contributed by atoms with Gasteiger partial charge in [-0.2, -0.15) is 0 Å². The molecule has 2 rings (SSSR count). The molecule has 0 bridgehead atoms. The summed E-state index contributed by atoms with van der Waals surface area (Å²) in [5, 5.41) is 10.5. The van der Waals surface area contributed by atoms with Crippen LogP contribution in [0.15, 0.2) is 46.9 Å². The molecular formula is C15H13BrClFO2. The van der Waals surface area contributed by atoms with Crippen molar-refractivity contribution in [1.29, 1.82) is 0 Å². The Hall–Kier alpha value is -1.10. The van der Waals surface area contributed by atoms with Crippen LogP contribution in [-0.2, 0) is 6.42 Å². The first kappa shape index (κ1) is 15.3. The van der Waals surface area contributed by atoms with Crippen molar-refractivity contribution in [1.82, 2.24) is 0 Å². The van der Waals surface area contributed by atoms with Crippen LogP contribution in [0.1, 0.15) is 5.56 Å². The Kier molecular flexibility index (Phi) is 5.40. The van der Waals surface area contributed by atoms with E-state index in [4.69, 9.17) is 16.3 Å². The summed E-state index contributed by atoms with van der Waals surface area (Å²) in [6.45, 7) is 0.148. The van der Waals surface area contributed by atoms with Crippen molar-refractivity contribution in [2.75, 3.05) is 6.61 Å². The van der Waals surface area contributed by atoms with Crippen molar-refractivity contribution in [2.24, 2.45) is 0 Å². The van der Waals surface area contributed by atoms with E-state index in [1.165, 1.54) is 6.07 Å². The minimum atomic E-state index is -0.675. The molecule has 0 fully saturated rings. The maximum absolute atomic E-state index is 13.1. The highest BCUT2D eigenvalue weighted by molar-refractivity contribution is 9.10. The van der Waals surface area contributed by atoms with E-state index < -0.39 is 6.10 Å². The van der Waals surface area contributed by atoms with Gasteiger partial charge in [0.25, 0.3) is 0 Å². The predicted octanol–water partition coefficient (Wildman–Crippen LogP) is 4.22. The zero-order valence-corrected chi connectivity index (χ0v) is 12.9. The summed E-state index contributed by atoms with van der Waals surface area (Å²) < 4.78 is 18.9. The standard InChI is InChI=1S/C15H13BrClFO2/c16-14-7-10(4-5-15(14)18)6-12(19)9-20-13-3-1-2-11(17)8-13/h1-5,7-8,12,19H,6,9H2. The molecule has 106 valence electrons. The molecule has 2 aromatic carbocycles. The van der Waals surface area contributed by atoms with E-state index in [1.807, 2.05) is 0 Å². The highest BCUT2D eigenvalue weighted by Crippen LogP contribution is 2.19. The number of benzene rings is 2. The van der Waals surface area contributed by atoms with Crippen molar-refractivity contribution >= 4 is 27.5 Å². The fourth-order valence-corrected chi connectivity index (χ4v) is 2.35. The molecular weight excluding hydrogens is 347 g/mol. The Labute approximate surface area is 130 Å². The van der Waals surface area contributed by atoms with Gasteiger partial charge in [0.15, 0.2) is 0 Å². The molecule has 0 amide bonds. The van der Waals surface area contributed by atoms with Crippen LogP contribution >= 0.6 is 27.5 Å². The van der Waals surface area contributed by atoms with Crippen LogP contribution in [0.3, 0.4) is 0 Å². The topological polar surface area (TPSA) is 29.5 Å². The zero-order chi connectivity index (χ0) is 14.5. The molecule has 0 aliphatic heterocycles. The Balaban J connectivity index is 1.89. The van der Waals surface area contributed by atoms with Crippen LogP contribution in [0.2, 0.25) is 5.02 Å². The lowest BCUT2D eigenvalue weighted by Crippen LogP contribution is -2.20. The smallest absolute Gasteiger partial charge is 0.137 e. The second kappa shape index (κ2) is 7.07. The van der Waals surface area contributed by atoms with Crippen molar-refractivity contribution in [3.8, 4) is 5.75 Å². The summed E-state index contributed by atoms with van der Waals surface area (Å²) >= 11 is 8.96. The molecule has 0 aliphatic rings. The van der Waals surface area contributed by atoms with Gasteiger partial charge in [0.05, 0.1) is 10.6 Å². The Morgan fingerprint density at radius 1 is 1.25 bits per heavy atom. The molecule has 2 nitrogen and oxygen atoms in total. The van der Waals surface area contributed by atoms with Crippen LogP contribution in [-0.4, -0.2) is 17.8 Å². The molecule has 0 saturated heterocycles.